The number of rotatable bonds is 2. The van der Waals surface area contributed by atoms with Crippen molar-refractivity contribution < 1.29 is 5.11 Å². The maximum Gasteiger partial charge on any atom is 0.165 e. The van der Waals surface area contributed by atoms with E-state index in [-0.39, 0.29) is 0 Å². The summed E-state index contributed by atoms with van der Waals surface area (Å²) in [5.41, 5.74) is 7.30. The van der Waals surface area contributed by atoms with Crippen LogP contribution in [-0.2, 0) is 0 Å². The molecule has 4 rings (SSSR count). The van der Waals surface area contributed by atoms with Gasteiger partial charge < -0.3 is 15.4 Å². The lowest BCUT2D eigenvalue weighted by Crippen LogP contribution is -2.12. The Hall–Kier alpha value is -1.69. The van der Waals surface area contributed by atoms with Crippen molar-refractivity contribution in [1.29, 1.82) is 0 Å². The van der Waals surface area contributed by atoms with Gasteiger partial charge in [0.2, 0.25) is 0 Å². The monoisotopic (exact) mass is 245 g/mol. The zero-order valence-electron chi connectivity index (χ0n) is 9.90. The zero-order chi connectivity index (χ0) is 12.3. The van der Waals surface area contributed by atoms with E-state index in [1.807, 2.05) is 6.33 Å². The number of aromatic nitrogens is 4. The van der Waals surface area contributed by atoms with E-state index in [4.69, 9.17) is 5.73 Å². The van der Waals surface area contributed by atoms with Crippen molar-refractivity contribution in [3.8, 4) is 0 Å². The van der Waals surface area contributed by atoms with Gasteiger partial charge in [0.1, 0.15) is 11.8 Å². The van der Waals surface area contributed by atoms with Crippen LogP contribution in [0.5, 0.6) is 0 Å². The molecule has 4 atom stereocenters. The smallest absolute Gasteiger partial charge is 0.165 e. The molecule has 0 saturated heterocycles. The third-order valence-corrected chi connectivity index (χ3v) is 4.51. The Balaban J connectivity index is 1.78. The number of nitrogens with zero attached hydrogens (tertiary/aromatic N) is 4. The first-order chi connectivity index (χ1) is 8.79. The van der Waals surface area contributed by atoms with Gasteiger partial charge in [-0.3, -0.25) is 0 Å². The number of imidazole rings is 1. The Labute approximate surface area is 104 Å². The summed E-state index contributed by atoms with van der Waals surface area (Å²) in [5, 5.41) is 9.37. The standard InChI is InChI=1S/C12H15N5O/c13-11-10-12(15-4-14-11)17(5-16-10)9-1-6(3-18)7-2-8(7)9/h4-9,18H,1-3H2,(H2,13,14,15)/t6-,7+,8+,9-/m1/s1. The highest BCUT2D eigenvalue weighted by Crippen LogP contribution is 2.60. The summed E-state index contributed by atoms with van der Waals surface area (Å²) in [6.07, 6.45) is 5.53. The number of hydrogen-bond acceptors (Lipinski definition) is 5. The molecule has 2 aromatic heterocycles. The van der Waals surface area contributed by atoms with Crippen LogP contribution < -0.4 is 5.73 Å². The van der Waals surface area contributed by atoms with E-state index in [1.54, 1.807) is 0 Å². The van der Waals surface area contributed by atoms with Gasteiger partial charge in [-0.05, 0) is 30.6 Å². The van der Waals surface area contributed by atoms with Crippen LogP contribution in [0.4, 0.5) is 5.82 Å². The molecular weight excluding hydrogens is 230 g/mol. The molecule has 6 nitrogen and oxygen atoms in total. The molecule has 2 saturated carbocycles. The molecule has 0 amide bonds. The van der Waals surface area contributed by atoms with E-state index >= 15 is 0 Å². The maximum absolute atomic E-state index is 9.37. The largest absolute Gasteiger partial charge is 0.396 e. The molecule has 2 aliphatic carbocycles. The first kappa shape index (κ1) is 10.3. The minimum Gasteiger partial charge on any atom is -0.396 e. The Morgan fingerprint density at radius 1 is 1.28 bits per heavy atom. The van der Waals surface area contributed by atoms with Gasteiger partial charge >= 0.3 is 0 Å². The van der Waals surface area contributed by atoms with Gasteiger partial charge in [-0.1, -0.05) is 0 Å². The van der Waals surface area contributed by atoms with E-state index in [0.717, 1.165) is 12.1 Å². The summed E-state index contributed by atoms with van der Waals surface area (Å²) >= 11 is 0. The summed E-state index contributed by atoms with van der Waals surface area (Å²) in [6, 6.07) is 0.409. The molecule has 0 unspecified atom stereocenters. The third-order valence-electron chi connectivity index (χ3n) is 4.51. The summed E-state index contributed by atoms with van der Waals surface area (Å²) in [6.45, 7) is 0.293. The van der Waals surface area contributed by atoms with Crippen LogP contribution in [0.1, 0.15) is 18.9 Å². The maximum atomic E-state index is 9.37. The van der Waals surface area contributed by atoms with Crippen molar-refractivity contribution in [2.24, 2.45) is 17.8 Å². The van der Waals surface area contributed by atoms with Crippen molar-refractivity contribution in [3.63, 3.8) is 0 Å². The van der Waals surface area contributed by atoms with Crippen LogP contribution in [0.15, 0.2) is 12.7 Å². The lowest BCUT2D eigenvalue weighted by Gasteiger charge is -2.16. The van der Waals surface area contributed by atoms with Gasteiger partial charge in [-0.15, -0.1) is 0 Å². The second-order valence-corrected chi connectivity index (χ2v) is 5.39. The molecule has 2 aromatic rings. The van der Waals surface area contributed by atoms with Crippen LogP contribution in [0.25, 0.3) is 11.2 Å². The predicted octanol–water partition coefficient (Wildman–Crippen LogP) is 0.598. The normalized spacial score (nSPS) is 33.8. The first-order valence-corrected chi connectivity index (χ1v) is 6.33. The third kappa shape index (κ3) is 1.23. The van der Waals surface area contributed by atoms with Crippen LogP contribution in [0, 0.1) is 17.8 Å². The molecule has 94 valence electrons. The number of anilines is 1. The van der Waals surface area contributed by atoms with Crippen molar-refractivity contribution in [3.05, 3.63) is 12.7 Å². The zero-order valence-corrected chi connectivity index (χ0v) is 9.90. The van der Waals surface area contributed by atoms with E-state index < -0.39 is 0 Å². The minimum atomic E-state index is 0.293. The molecule has 6 heteroatoms. The molecule has 0 bridgehead atoms. The lowest BCUT2D eigenvalue weighted by atomic mass is 10.0. The van der Waals surface area contributed by atoms with Crippen molar-refractivity contribution in [2.75, 3.05) is 12.3 Å². The summed E-state index contributed by atoms with van der Waals surface area (Å²) in [7, 11) is 0. The van der Waals surface area contributed by atoms with E-state index in [2.05, 4.69) is 19.5 Å². The Morgan fingerprint density at radius 3 is 2.94 bits per heavy atom. The topological polar surface area (TPSA) is 89.9 Å². The number of nitrogen functional groups attached to an aromatic ring is 1. The fourth-order valence-electron chi connectivity index (χ4n) is 3.52. The molecule has 18 heavy (non-hydrogen) atoms. The minimum absolute atomic E-state index is 0.293. The molecule has 0 radical (unpaired) electrons. The summed E-state index contributed by atoms with van der Waals surface area (Å²) in [4.78, 5) is 12.6. The summed E-state index contributed by atoms with van der Waals surface area (Å²) in [5.74, 6) is 2.24. The molecule has 0 spiro atoms. The number of nitrogens with two attached hydrogens (primary N) is 1. The predicted molar refractivity (Wildman–Crippen MR) is 65.6 cm³/mol. The molecule has 2 heterocycles. The summed E-state index contributed by atoms with van der Waals surface area (Å²) < 4.78 is 2.12. The highest BCUT2D eigenvalue weighted by molar-refractivity contribution is 5.81. The fraction of sp³-hybridized carbons (Fsp3) is 0.583. The van der Waals surface area contributed by atoms with Gasteiger partial charge in [0.05, 0.1) is 6.33 Å². The highest BCUT2D eigenvalue weighted by Gasteiger charge is 2.54. The number of hydrogen-bond donors (Lipinski definition) is 2. The van der Waals surface area contributed by atoms with Gasteiger partial charge in [0.25, 0.3) is 0 Å². The van der Waals surface area contributed by atoms with Gasteiger partial charge in [0, 0.05) is 12.6 Å². The van der Waals surface area contributed by atoms with Gasteiger partial charge in [-0.2, -0.15) is 0 Å². The van der Waals surface area contributed by atoms with Crippen LogP contribution >= 0.6 is 0 Å². The Bertz CT molecular complexity index is 610. The average molecular weight is 245 g/mol. The van der Waals surface area contributed by atoms with Crippen molar-refractivity contribution in [2.45, 2.75) is 18.9 Å². The molecule has 0 aliphatic heterocycles. The SMILES string of the molecule is Nc1ncnc2c1ncn2[C@@H]1C[C@H](CO)[C@@H]2C[C@@H]21. The van der Waals surface area contributed by atoms with Crippen LogP contribution in [0.2, 0.25) is 0 Å². The van der Waals surface area contributed by atoms with Gasteiger partial charge in [0.15, 0.2) is 11.5 Å². The number of fused-ring (bicyclic) bond motifs is 2. The second kappa shape index (κ2) is 3.41. The molecule has 2 aliphatic rings. The quantitative estimate of drug-likeness (QED) is 0.808. The Kier molecular flexibility index (Phi) is 1.94. The lowest BCUT2D eigenvalue weighted by molar-refractivity contribution is 0.208. The van der Waals surface area contributed by atoms with E-state index in [9.17, 15) is 5.11 Å². The molecule has 0 aromatic carbocycles. The first-order valence-electron chi connectivity index (χ1n) is 6.33. The number of aliphatic hydroxyl groups excluding tert-OH is 1. The molecule has 3 N–H and O–H groups in total. The highest BCUT2D eigenvalue weighted by atomic mass is 16.3. The van der Waals surface area contributed by atoms with Crippen LogP contribution in [-0.4, -0.2) is 31.2 Å². The average Bonchev–Trinajstić information content (AvgIpc) is 2.91. The Morgan fingerprint density at radius 2 is 2.17 bits per heavy atom. The van der Waals surface area contributed by atoms with E-state index in [1.165, 1.54) is 12.7 Å². The second-order valence-electron chi connectivity index (χ2n) is 5.39. The van der Waals surface area contributed by atoms with E-state index in [0.29, 0.717) is 41.7 Å². The van der Waals surface area contributed by atoms with Gasteiger partial charge in [-0.25, -0.2) is 15.0 Å². The van der Waals surface area contributed by atoms with Crippen LogP contribution in [0.3, 0.4) is 0 Å². The number of aliphatic hydroxyl groups is 1. The fourth-order valence-corrected chi connectivity index (χ4v) is 3.52. The van der Waals surface area contributed by atoms with Crippen molar-refractivity contribution in [1.82, 2.24) is 19.5 Å². The van der Waals surface area contributed by atoms with Crippen molar-refractivity contribution >= 4 is 17.0 Å². The molecular formula is C12H15N5O. The molecule has 2 fully saturated rings.